The lowest BCUT2D eigenvalue weighted by Crippen LogP contribution is -2.51. The SMILES string of the molecule is CN(NC(N)=O)C(CCCN=C(N)N)C(=O)O.[Si]. The predicted octanol–water partition coefficient (Wildman–Crippen LogP) is -2.37. The van der Waals surface area contributed by atoms with Crippen molar-refractivity contribution in [1.82, 2.24) is 10.4 Å². The van der Waals surface area contributed by atoms with Crippen LogP contribution >= 0.6 is 0 Å². The molecule has 0 heterocycles. The van der Waals surface area contributed by atoms with E-state index in [9.17, 15) is 9.59 Å². The van der Waals surface area contributed by atoms with Gasteiger partial charge in [-0.2, -0.15) is 0 Å². The fraction of sp³-hybridized carbons (Fsp3) is 0.625. The van der Waals surface area contributed by atoms with Crippen LogP contribution < -0.4 is 22.6 Å². The molecule has 0 spiro atoms. The molecular formula is C8H18N6O3Si. The molecule has 102 valence electrons. The smallest absolute Gasteiger partial charge is 0.326 e. The first kappa shape index (κ1) is 18.5. The van der Waals surface area contributed by atoms with Gasteiger partial charge in [-0.25, -0.2) is 9.80 Å². The van der Waals surface area contributed by atoms with E-state index < -0.39 is 18.0 Å². The highest BCUT2D eigenvalue weighted by molar-refractivity contribution is 5.76. The van der Waals surface area contributed by atoms with Crippen molar-refractivity contribution in [2.75, 3.05) is 13.6 Å². The Labute approximate surface area is 109 Å². The first-order chi connectivity index (χ1) is 7.84. The van der Waals surface area contributed by atoms with E-state index in [0.717, 1.165) is 5.01 Å². The zero-order valence-electron chi connectivity index (χ0n) is 10.1. The van der Waals surface area contributed by atoms with Crippen LogP contribution in [0.3, 0.4) is 0 Å². The third-order valence-electron chi connectivity index (χ3n) is 1.97. The molecule has 0 saturated heterocycles. The number of hydrazine groups is 1. The molecular weight excluding hydrogens is 256 g/mol. The lowest BCUT2D eigenvalue weighted by atomic mass is 10.1. The molecule has 10 heteroatoms. The van der Waals surface area contributed by atoms with Gasteiger partial charge in [-0.3, -0.25) is 15.2 Å². The number of carbonyl (C=O) groups excluding carboxylic acids is 1. The Bertz CT molecular complexity index is 307. The van der Waals surface area contributed by atoms with Crippen LogP contribution in [0.25, 0.3) is 0 Å². The number of guanidine groups is 1. The third kappa shape index (κ3) is 8.35. The summed E-state index contributed by atoms with van der Waals surface area (Å²) in [4.78, 5) is 25.2. The molecule has 0 aromatic carbocycles. The van der Waals surface area contributed by atoms with E-state index in [2.05, 4.69) is 10.4 Å². The number of carboxylic acid groups (broad SMARTS) is 1. The summed E-state index contributed by atoms with van der Waals surface area (Å²) in [6, 6.07) is -1.69. The average Bonchev–Trinajstić information content (AvgIpc) is 2.14. The molecule has 4 radical (unpaired) electrons. The number of rotatable bonds is 7. The number of urea groups is 1. The van der Waals surface area contributed by atoms with E-state index in [4.69, 9.17) is 22.3 Å². The number of nitrogens with two attached hydrogens (primary N) is 3. The minimum Gasteiger partial charge on any atom is -0.480 e. The van der Waals surface area contributed by atoms with Crippen molar-refractivity contribution < 1.29 is 14.7 Å². The van der Waals surface area contributed by atoms with Crippen LogP contribution in [0.15, 0.2) is 4.99 Å². The molecule has 1 unspecified atom stereocenters. The fourth-order valence-electron chi connectivity index (χ4n) is 1.23. The summed E-state index contributed by atoms with van der Waals surface area (Å²) in [7, 11) is 1.42. The van der Waals surface area contributed by atoms with Crippen molar-refractivity contribution in [3.8, 4) is 0 Å². The van der Waals surface area contributed by atoms with Crippen molar-refractivity contribution >= 4 is 28.9 Å². The van der Waals surface area contributed by atoms with Crippen LogP contribution in [0.1, 0.15) is 12.8 Å². The molecule has 8 N–H and O–H groups in total. The van der Waals surface area contributed by atoms with E-state index in [0.29, 0.717) is 13.0 Å². The van der Waals surface area contributed by atoms with Crippen LogP contribution in [-0.2, 0) is 4.79 Å². The van der Waals surface area contributed by atoms with Gasteiger partial charge in [0, 0.05) is 24.6 Å². The molecule has 0 bridgehead atoms. The number of aliphatic carboxylic acids is 1. The van der Waals surface area contributed by atoms with Crippen molar-refractivity contribution in [2.24, 2.45) is 22.2 Å². The maximum Gasteiger partial charge on any atom is 0.326 e. The van der Waals surface area contributed by atoms with Gasteiger partial charge in [-0.05, 0) is 12.8 Å². The van der Waals surface area contributed by atoms with Gasteiger partial charge >= 0.3 is 12.0 Å². The molecule has 9 nitrogen and oxygen atoms in total. The molecule has 0 aliphatic carbocycles. The second-order valence-corrected chi connectivity index (χ2v) is 3.39. The quantitative estimate of drug-likeness (QED) is 0.115. The number of carbonyl (C=O) groups is 2. The molecule has 0 aromatic heterocycles. The first-order valence-electron chi connectivity index (χ1n) is 4.91. The Morgan fingerprint density at radius 2 is 1.94 bits per heavy atom. The number of carboxylic acids is 1. The second kappa shape index (κ2) is 9.24. The Hall–Kier alpha value is -1.81. The lowest BCUT2D eigenvalue weighted by molar-refractivity contribution is -0.143. The molecule has 18 heavy (non-hydrogen) atoms. The van der Waals surface area contributed by atoms with Crippen LogP contribution in [0, 0.1) is 0 Å². The van der Waals surface area contributed by atoms with Gasteiger partial charge in [-0.1, -0.05) is 0 Å². The van der Waals surface area contributed by atoms with Crippen molar-refractivity contribution in [2.45, 2.75) is 18.9 Å². The van der Waals surface area contributed by atoms with E-state index in [1.54, 1.807) is 0 Å². The minimum atomic E-state index is -1.06. The summed E-state index contributed by atoms with van der Waals surface area (Å²) in [5, 5.41) is 10.1. The number of nitrogens with zero attached hydrogens (tertiary/aromatic N) is 2. The number of likely N-dealkylation sites (N-methyl/N-ethyl adjacent to an activating group) is 1. The molecule has 0 fully saturated rings. The normalized spacial score (nSPS) is 11.2. The summed E-state index contributed by atoms with van der Waals surface area (Å²) < 4.78 is 0. The summed E-state index contributed by atoms with van der Waals surface area (Å²) in [5.41, 5.74) is 17.3. The Balaban J connectivity index is 0. The number of aliphatic imine (C=N–C) groups is 1. The van der Waals surface area contributed by atoms with E-state index in [1.165, 1.54) is 7.05 Å². The van der Waals surface area contributed by atoms with Gasteiger partial charge in [-0.15, -0.1) is 0 Å². The minimum absolute atomic E-state index is 0. The number of primary amides is 1. The zero-order chi connectivity index (χ0) is 13.4. The van der Waals surface area contributed by atoms with Crippen LogP contribution in [0.4, 0.5) is 4.79 Å². The van der Waals surface area contributed by atoms with Crippen LogP contribution in [0.5, 0.6) is 0 Å². The van der Waals surface area contributed by atoms with Gasteiger partial charge in [0.2, 0.25) is 0 Å². The third-order valence-corrected chi connectivity index (χ3v) is 1.97. The van der Waals surface area contributed by atoms with Crippen molar-refractivity contribution in [1.29, 1.82) is 0 Å². The van der Waals surface area contributed by atoms with Crippen molar-refractivity contribution in [3.05, 3.63) is 0 Å². The molecule has 1 atom stereocenters. The van der Waals surface area contributed by atoms with E-state index in [1.807, 2.05) is 0 Å². The summed E-state index contributed by atoms with van der Waals surface area (Å²) in [6.45, 7) is 0.330. The summed E-state index contributed by atoms with van der Waals surface area (Å²) in [6.07, 6.45) is 0.753. The number of hydrogen-bond donors (Lipinski definition) is 5. The highest BCUT2D eigenvalue weighted by atomic mass is 28.1. The zero-order valence-corrected chi connectivity index (χ0v) is 11.1. The Morgan fingerprint density at radius 1 is 1.39 bits per heavy atom. The van der Waals surface area contributed by atoms with Crippen LogP contribution in [0.2, 0.25) is 0 Å². The molecule has 0 saturated carbocycles. The molecule has 0 rings (SSSR count). The second-order valence-electron chi connectivity index (χ2n) is 3.39. The van der Waals surface area contributed by atoms with Gasteiger partial charge in [0.15, 0.2) is 5.96 Å². The molecule has 0 aromatic rings. The topological polar surface area (TPSA) is 160 Å². The Kier molecular flexibility index (Phi) is 9.52. The van der Waals surface area contributed by atoms with Crippen LogP contribution in [-0.4, -0.2) is 58.7 Å². The first-order valence-corrected chi connectivity index (χ1v) is 4.91. The molecule has 0 aliphatic heterocycles. The maximum absolute atomic E-state index is 10.9. The molecule has 2 amide bonds. The maximum atomic E-state index is 10.9. The van der Waals surface area contributed by atoms with Gasteiger partial charge in [0.1, 0.15) is 6.04 Å². The van der Waals surface area contributed by atoms with Gasteiger partial charge in [0.05, 0.1) is 0 Å². The molecule has 0 aliphatic rings. The summed E-state index contributed by atoms with van der Waals surface area (Å²) in [5.74, 6) is -1.11. The van der Waals surface area contributed by atoms with E-state index in [-0.39, 0.29) is 23.3 Å². The van der Waals surface area contributed by atoms with Gasteiger partial charge < -0.3 is 22.3 Å². The Morgan fingerprint density at radius 3 is 2.33 bits per heavy atom. The summed E-state index contributed by atoms with van der Waals surface area (Å²) >= 11 is 0. The predicted molar refractivity (Wildman–Crippen MR) is 67.6 cm³/mol. The number of amides is 2. The highest BCUT2D eigenvalue weighted by Crippen LogP contribution is 2.03. The average molecular weight is 274 g/mol. The standard InChI is InChI=1S/C8H18N6O3.Si/c1-14(13-8(11)17)5(6(15)16)3-2-4-12-7(9)10;/h5H,2-4H2,1H3,(H,15,16)(H4,9,10,12)(H3,11,13,17);. The number of hydrogen-bond acceptors (Lipinski definition) is 4. The lowest BCUT2D eigenvalue weighted by Gasteiger charge is -2.23. The number of nitrogens with one attached hydrogen (secondary N) is 1. The largest absolute Gasteiger partial charge is 0.480 e. The van der Waals surface area contributed by atoms with E-state index >= 15 is 0 Å². The highest BCUT2D eigenvalue weighted by Gasteiger charge is 2.22. The fourth-order valence-corrected chi connectivity index (χ4v) is 1.23. The van der Waals surface area contributed by atoms with Gasteiger partial charge in [0.25, 0.3) is 0 Å². The van der Waals surface area contributed by atoms with Crippen molar-refractivity contribution in [3.63, 3.8) is 0 Å². The monoisotopic (exact) mass is 274 g/mol.